The molecular formula is C16H32BrN3O. The van der Waals surface area contributed by atoms with Crippen molar-refractivity contribution in [3.05, 3.63) is 16.6 Å². The number of hydrogen-bond acceptors (Lipinski definition) is 2. The summed E-state index contributed by atoms with van der Waals surface area (Å²) in [7, 11) is 0. The van der Waals surface area contributed by atoms with Gasteiger partial charge in [-0.1, -0.05) is 48.5 Å². The van der Waals surface area contributed by atoms with Crippen LogP contribution < -0.4 is 0 Å². The van der Waals surface area contributed by atoms with E-state index in [1.54, 1.807) is 18.0 Å². The number of imidazole rings is 1. The molecule has 0 aromatic carbocycles. The van der Waals surface area contributed by atoms with E-state index in [1.807, 2.05) is 20.8 Å². The summed E-state index contributed by atoms with van der Waals surface area (Å²) < 4.78 is 0.840. The largest absolute Gasteiger partial charge is 0.335 e. The van der Waals surface area contributed by atoms with Crippen LogP contribution in [0.2, 0.25) is 0 Å². The van der Waals surface area contributed by atoms with Crippen LogP contribution in [0.4, 0.5) is 0 Å². The van der Waals surface area contributed by atoms with Crippen LogP contribution in [0.5, 0.6) is 0 Å². The number of aromatic amines is 1. The summed E-state index contributed by atoms with van der Waals surface area (Å²) >= 11 is 3.28. The highest BCUT2D eigenvalue weighted by atomic mass is 79.9. The molecule has 1 aromatic heterocycles. The third-order valence-corrected chi connectivity index (χ3v) is 2.28. The van der Waals surface area contributed by atoms with Crippen LogP contribution >= 0.6 is 15.9 Å². The maximum Gasteiger partial charge on any atom is 0.219 e. The highest BCUT2D eigenvalue weighted by Crippen LogP contribution is 2.08. The molecule has 0 aliphatic carbocycles. The lowest BCUT2D eigenvalue weighted by atomic mass is 10.0. The molecule has 5 heteroatoms. The Balaban J connectivity index is 0. The molecule has 1 aromatic rings. The summed E-state index contributed by atoms with van der Waals surface area (Å²) in [5, 5.41) is 0. The minimum absolute atomic E-state index is 0.0828. The van der Waals surface area contributed by atoms with Gasteiger partial charge in [0, 0.05) is 13.5 Å². The van der Waals surface area contributed by atoms with Crippen molar-refractivity contribution in [3.63, 3.8) is 0 Å². The van der Waals surface area contributed by atoms with Crippen LogP contribution in [0.25, 0.3) is 0 Å². The second-order valence-corrected chi connectivity index (χ2v) is 6.97. The number of carbonyl (C=O) groups is 1. The van der Waals surface area contributed by atoms with E-state index in [0.717, 1.165) is 23.4 Å². The van der Waals surface area contributed by atoms with Gasteiger partial charge < -0.3 is 9.88 Å². The van der Waals surface area contributed by atoms with E-state index < -0.39 is 0 Å². The van der Waals surface area contributed by atoms with Gasteiger partial charge in [0.05, 0.1) is 12.7 Å². The first kappa shape index (κ1) is 22.4. The van der Waals surface area contributed by atoms with Crippen LogP contribution in [0.15, 0.2) is 10.8 Å². The van der Waals surface area contributed by atoms with Gasteiger partial charge in [0.1, 0.15) is 10.4 Å². The third kappa shape index (κ3) is 15.4. The van der Waals surface area contributed by atoms with E-state index in [4.69, 9.17) is 0 Å². The predicted octanol–water partition coefficient (Wildman–Crippen LogP) is 5.01. The summed E-state index contributed by atoms with van der Waals surface area (Å²) in [5.74, 6) is 0.889. The predicted molar refractivity (Wildman–Crippen MR) is 94.1 cm³/mol. The van der Waals surface area contributed by atoms with Crippen molar-refractivity contribution >= 4 is 21.8 Å². The highest BCUT2D eigenvalue weighted by molar-refractivity contribution is 9.10. The SMILES string of the molecule is CC.CC(C)(C)C.CCCN(Cc1ncc(Br)[nH]1)C(C)=O. The van der Waals surface area contributed by atoms with Gasteiger partial charge in [0.25, 0.3) is 0 Å². The maximum absolute atomic E-state index is 11.2. The van der Waals surface area contributed by atoms with Gasteiger partial charge in [-0.2, -0.15) is 0 Å². The second kappa shape index (κ2) is 11.8. The molecule has 0 atom stereocenters. The van der Waals surface area contributed by atoms with Gasteiger partial charge in [0.15, 0.2) is 0 Å². The molecule has 0 unspecified atom stereocenters. The molecule has 0 aliphatic rings. The average Bonchev–Trinajstić information content (AvgIpc) is 2.75. The lowest BCUT2D eigenvalue weighted by Gasteiger charge is -2.18. The van der Waals surface area contributed by atoms with E-state index in [1.165, 1.54) is 0 Å². The fourth-order valence-electron chi connectivity index (χ4n) is 1.22. The first-order valence-corrected chi connectivity index (χ1v) is 8.37. The Kier molecular flexibility index (Phi) is 12.6. The fraction of sp³-hybridized carbons (Fsp3) is 0.750. The fourth-order valence-corrected chi connectivity index (χ4v) is 1.55. The number of amides is 1. The van der Waals surface area contributed by atoms with Crippen LogP contribution in [-0.2, 0) is 11.3 Å². The van der Waals surface area contributed by atoms with E-state index in [0.29, 0.717) is 12.0 Å². The molecule has 124 valence electrons. The summed E-state index contributed by atoms with van der Waals surface area (Å²) in [5.41, 5.74) is 0.500. The molecule has 4 nitrogen and oxygen atoms in total. The standard InChI is InChI=1S/C9H14BrN3O.C5H12.C2H6/c1-3-4-13(7(2)14)6-9-11-5-8(10)12-9;1-5(2,3)4;1-2/h5H,3-4,6H2,1-2H3,(H,11,12);1-4H3;1-2H3. The van der Waals surface area contributed by atoms with Crippen molar-refractivity contribution in [2.24, 2.45) is 5.41 Å². The second-order valence-electron chi connectivity index (χ2n) is 6.12. The van der Waals surface area contributed by atoms with E-state index >= 15 is 0 Å². The molecule has 0 saturated heterocycles. The van der Waals surface area contributed by atoms with E-state index in [9.17, 15) is 4.79 Å². The molecule has 1 N–H and O–H groups in total. The summed E-state index contributed by atoms with van der Waals surface area (Å²) in [4.78, 5) is 20.1. The maximum atomic E-state index is 11.2. The normalized spacial score (nSPS) is 9.95. The van der Waals surface area contributed by atoms with Crippen molar-refractivity contribution in [2.45, 2.75) is 68.4 Å². The van der Waals surface area contributed by atoms with E-state index in [2.05, 4.69) is 53.6 Å². The summed E-state index contributed by atoms with van der Waals surface area (Å²) in [6.07, 6.45) is 2.65. The smallest absolute Gasteiger partial charge is 0.219 e. The molecule has 0 bridgehead atoms. The first-order chi connectivity index (χ1) is 9.63. The Labute approximate surface area is 138 Å². The number of rotatable bonds is 4. The average molecular weight is 362 g/mol. The van der Waals surface area contributed by atoms with Crippen LogP contribution in [0.1, 0.15) is 67.6 Å². The van der Waals surface area contributed by atoms with E-state index in [-0.39, 0.29) is 5.91 Å². The van der Waals surface area contributed by atoms with Gasteiger partial charge in [-0.15, -0.1) is 0 Å². The van der Waals surface area contributed by atoms with Crippen molar-refractivity contribution in [2.75, 3.05) is 6.54 Å². The summed E-state index contributed by atoms with van der Waals surface area (Å²) in [6.45, 7) is 17.7. The monoisotopic (exact) mass is 361 g/mol. The number of carbonyl (C=O) groups excluding carboxylic acids is 1. The molecule has 1 rings (SSSR count). The Morgan fingerprint density at radius 2 is 1.81 bits per heavy atom. The number of nitrogens with zero attached hydrogens (tertiary/aromatic N) is 2. The van der Waals surface area contributed by atoms with Gasteiger partial charge in [-0.3, -0.25) is 4.79 Å². The number of nitrogens with one attached hydrogen (secondary N) is 1. The van der Waals surface area contributed by atoms with Crippen molar-refractivity contribution in [1.82, 2.24) is 14.9 Å². The Morgan fingerprint density at radius 1 is 1.33 bits per heavy atom. The lowest BCUT2D eigenvalue weighted by molar-refractivity contribution is -0.129. The molecular weight excluding hydrogens is 330 g/mol. The lowest BCUT2D eigenvalue weighted by Crippen LogP contribution is -2.29. The Bertz CT molecular complexity index is 377. The summed E-state index contributed by atoms with van der Waals surface area (Å²) in [6, 6.07) is 0. The molecule has 0 fully saturated rings. The third-order valence-electron chi connectivity index (χ3n) is 1.88. The first-order valence-electron chi connectivity index (χ1n) is 7.58. The molecule has 0 radical (unpaired) electrons. The molecule has 1 heterocycles. The molecule has 0 aliphatic heterocycles. The molecule has 21 heavy (non-hydrogen) atoms. The van der Waals surface area contributed by atoms with Crippen molar-refractivity contribution in [3.8, 4) is 0 Å². The van der Waals surface area contributed by atoms with Crippen molar-refractivity contribution in [1.29, 1.82) is 0 Å². The topological polar surface area (TPSA) is 49.0 Å². The van der Waals surface area contributed by atoms with Crippen LogP contribution in [-0.4, -0.2) is 27.3 Å². The molecule has 0 saturated carbocycles. The minimum atomic E-state index is 0.0828. The quantitative estimate of drug-likeness (QED) is 0.819. The highest BCUT2D eigenvalue weighted by Gasteiger charge is 2.09. The molecule has 0 spiro atoms. The number of aromatic nitrogens is 2. The van der Waals surface area contributed by atoms with Crippen LogP contribution in [0.3, 0.4) is 0 Å². The molecule has 1 amide bonds. The number of H-pyrrole nitrogens is 1. The van der Waals surface area contributed by atoms with Gasteiger partial charge >= 0.3 is 0 Å². The minimum Gasteiger partial charge on any atom is -0.335 e. The Hall–Kier alpha value is -0.840. The van der Waals surface area contributed by atoms with Gasteiger partial charge in [-0.25, -0.2) is 4.98 Å². The number of hydrogen-bond donors (Lipinski definition) is 1. The van der Waals surface area contributed by atoms with Gasteiger partial charge in [0.2, 0.25) is 5.91 Å². The Morgan fingerprint density at radius 3 is 2.10 bits per heavy atom. The number of halogens is 1. The zero-order valence-electron chi connectivity index (χ0n) is 14.9. The van der Waals surface area contributed by atoms with Crippen LogP contribution in [0, 0.1) is 5.41 Å². The zero-order valence-corrected chi connectivity index (χ0v) is 16.5. The van der Waals surface area contributed by atoms with Crippen molar-refractivity contribution < 1.29 is 4.79 Å². The van der Waals surface area contributed by atoms with Gasteiger partial charge in [-0.05, 0) is 27.8 Å². The zero-order chi connectivity index (χ0) is 17.1.